The quantitative estimate of drug-likeness (QED) is 0.880. The fourth-order valence-corrected chi connectivity index (χ4v) is 2.26. The average molecular weight is 322 g/mol. The van der Waals surface area contributed by atoms with Crippen LogP contribution < -0.4 is 5.32 Å². The number of amides is 1. The minimum Gasteiger partial charge on any atom is -0.444 e. The lowest BCUT2D eigenvalue weighted by Gasteiger charge is -1.96. The summed E-state index contributed by atoms with van der Waals surface area (Å²) in [5.41, 5.74) is 0.739. The molecule has 2 aromatic heterocycles. The molecule has 0 saturated heterocycles. The summed E-state index contributed by atoms with van der Waals surface area (Å²) in [6, 6.07) is 3.23. The van der Waals surface area contributed by atoms with Gasteiger partial charge in [0.15, 0.2) is 15.6 Å². The molecule has 1 amide bonds. The molecular weight excluding hydrogens is 316 g/mol. The summed E-state index contributed by atoms with van der Waals surface area (Å²) >= 11 is 10.1. The van der Waals surface area contributed by atoms with E-state index in [4.69, 9.17) is 16.0 Å². The van der Waals surface area contributed by atoms with Crippen LogP contribution in [0.3, 0.4) is 0 Å². The Balaban J connectivity index is 2.07. The summed E-state index contributed by atoms with van der Waals surface area (Å²) in [6.07, 6.45) is 0. The molecule has 84 valence electrons. The van der Waals surface area contributed by atoms with Crippen molar-refractivity contribution in [2.45, 2.75) is 5.88 Å². The van der Waals surface area contributed by atoms with Crippen LogP contribution in [-0.2, 0) is 5.88 Å². The van der Waals surface area contributed by atoms with E-state index in [1.165, 1.54) is 11.3 Å². The smallest absolute Gasteiger partial charge is 0.293 e. The van der Waals surface area contributed by atoms with Gasteiger partial charge in [0.1, 0.15) is 0 Å². The maximum atomic E-state index is 11.6. The molecule has 4 nitrogen and oxygen atoms in total. The zero-order chi connectivity index (χ0) is 11.5. The molecular formula is C9H6BrClN2O2S. The fourth-order valence-electron chi connectivity index (χ4n) is 1.02. The summed E-state index contributed by atoms with van der Waals surface area (Å²) in [6.45, 7) is 0. The topological polar surface area (TPSA) is 55.1 Å². The monoisotopic (exact) mass is 320 g/mol. The molecule has 0 aliphatic rings. The van der Waals surface area contributed by atoms with Crippen molar-refractivity contribution in [2.24, 2.45) is 0 Å². The minimum absolute atomic E-state index is 0.231. The van der Waals surface area contributed by atoms with Gasteiger partial charge in [0, 0.05) is 5.38 Å². The van der Waals surface area contributed by atoms with Crippen LogP contribution in [0.25, 0.3) is 0 Å². The van der Waals surface area contributed by atoms with Crippen molar-refractivity contribution in [1.29, 1.82) is 0 Å². The number of furan rings is 1. The van der Waals surface area contributed by atoms with Gasteiger partial charge in [-0.25, -0.2) is 4.98 Å². The lowest BCUT2D eigenvalue weighted by molar-refractivity contribution is 0.0995. The van der Waals surface area contributed by atoms with Gasteiger partial charge in [0.05, 0.1) is 11.6 Å². The highest BCUT2D eigenvalue weighted by molar-refractivity contribution is 9.10. The van der Waals surface area contributed by atoms with Crippen molar-refractivity contribution in [3.63, 3.8) is 0 Å². The lowest BCUT2D eigenvalue weighted by atomic mass is 10.4. The zero-order valence-corrected chi connectivity index (χ0v) is 11.0. The number of carbonyl (C=O) groups excluding carboxylic acids is 1. The Morgan fingerprint density at radius 3 is 3.00 bits per heavy atom. The van der Waals surface area contributed by atoms with E-state index in [-0.39, 0.29) is 11.7 Å². The van der Waals surface area contributed by atoms with E-state index in [1.54, 1.807) is 17.5 Å². The predicted octanol–water partition coefficient (Wildman–Crippen LogP) is 3.49. The Kier molecular flexibility index (Phi) is 3.63. The van der Waals surface area contributed by atoms with Crippen LogP contribution in [0.5, 0.6) is 0 Å². The third-order valence-electron chi connectivity index (χ3n) is 1.71. The van der Waals surface area contributed by atoms with Gasteiger partial charge in [-0.15, -0.1) is 22.9 Å². The highest BCUT2D eigenvalue weighted by atomic mass is 79.9. The number of nitrogens with one attached hydrogen (secondary N) is 1. The van der Waals surface area contributed by atoms with Gasteiger partial charge in [-0.3, -0.25) is 10.1 Å². The van der Waals surface area contributed by atoms with E-state index in [0.717, 1.165) is 5.69 Å². The van der Waals surface area contributed by atoms with Crippen LogP contribution in [-0.4, -0.2) is 10.9 Å². The predicted molar refractivity (Wildman–Crippen MR) is 66.0 cm³/mol. The number of hydrogen-bond donors (Lipinski definition) is 1. The number of aromatic nitrogens is 1. The van der Waals surface area contributed by atoms with Crippen LogP contribution >= 0.6 is 38.9 Å². The van der Waals surface area contributed by atoms with E-state index in [0.29, 0.717) is 15.7 Å². The Morgan fingerprint density at radius 2 is 2.44 bits per heavy atom. The largest absolute Gasteiger partial charge is 0.444 e. The lowest BCUT2D eigenvalue weighted by Crippen LogP contribution is -2.10. The Labute approximate surface area is 109 Å². The van der Waals surface area contributed by atoms with Crippen LogP contribution in [0.4, 0.5) is 5.13 Å². The molecule has 2 rings (SSSR count). The van der Waals surface area contributed by atoms with Gasteiger partial charge in [0.25, 0.3) is 5.91 Å². The third-order valence-corrected chi connectivity index (χ3v) is 3.21. The maximum absolute atomic E-state index is 11.6. The first-order valence-electron chi connectivity index (χ1n) is 4.26. The molecule has 16 heavy (non-hydrogen) atoms. The second kappa shape index (κ2) is 4.99. The van der Waals surface area contributed by atoms with E-state index in [2.05, 4.69) is 26.2 Å². The molecule has 0 atom stereocenters. The first kappa shape index (κ1) is 11.6. The number of rotatable bonds is 3. The molecule has 2 heterocycles. The highest BCUT2D eigenvalue weighted by Gasteiger charge is 2.12. The summed E-state index contributed by atoms with van der Waals surface area (Å²) in [7, 11) is 0. The molecule has 0 saturated carbocycles. The summed E-state index contributed by atoms with van der Waals surface area (Å²) in [5, 5.41) is 4.92. The fraction of sp³-hybridized carbons (Fsp3) is 0.111. The molecule has 7 heteroatoms. The Hall–Kier alpha value is -0.850. The van der Waals surface area contributed by atoms with Crippen LogP contribution in [0, 0.1) is 0 Å². The van der Waals surface area contributed by atoms with Crippen LogP contribution in [0.1, 0.15) is 16.2 Å². The standard InChI is InChI=1S/C9H6BrClN2O2S/c10-7-2-1-6(15-7)8(14)13-9-12-5(3-11)4-16-9/h1-2,4H,3H2,(H,12,13,14). The van der Waals surface area contributed by atoms with Gasteiger partial charge in [-0.1, -0.05) is 0 Å². The zero-order valence-electron chi connectivity index (χ0n) is 7.87. The number of nitrogens with zero attached hydrogens (tertiary/aromatic N) is 1. The van der Waals surface area contributed by atoms with E-state index in [9.17, 15) is 4.79 Å². The number of alkyl halides is 1. The number of hydrogen-bond acceptors (Lipinski definition) is 4. The van der Waals surface area contributed by atoms with Crippen molar-refractivity contribution in [3.05, 3.63) is 33.6 Å². The molecule has 0 spiro atoms. The number of carbonyl (C=O) groups is 1. The first-order chi connectivity index (χ1) is 7.69. The molecule has 0 fully saturated rings. The SMILES string of the molecule is O=C(Nc1nc(CCl)cs1)c1ccc(Br)o1. The van der Waals surface area contributed by atoms with E-state index >= 15 is 0 Å². The summed E-state index contributed by atoms with van der Waals surface area (Å²) in [5.74, 6) is 0.231. The summed E-state index contributed by atoms with van der Waals surface area (Å²) < 4.78 is 5.62. The average Bonchev–Trinajstić information content (AvgIpc) is 2.87. The molecule has 2 aromatic rings. The first-order valence-corrected chi connectivity index (χ1v) is 6.47. The Bertz CT molecular complexity index is 511. The van der Waals surface area contributed by atoms with Crippen molar-refractivity contribution in [1.82, 2.24) is 4.98 Å². The van der Waals surface area contributed by atoms with Gasteiger partial charge in [-0.2, -0.15) is 0 Å². The summed E-state index contributed by atoms with van der Waals surface area (Å²) in [4.78, 5) is 15.7. The van der Waals surface area contributed by atoms with Crippen LogP contribution in [0.2, 0.25) is 0 Å². The molecule has 0 bridgehead atoms. The second-order valence-corrected chi connectivity index (χ2v) is 4.74. The molecule has 0 radical (unpaired) electrons. The van der Waals surface area contributed by atoms with E-state index in [1.807, 2.05) is 0 Å². The van der Waals surface area contributed by atoms with Gasteiger partial charge in [-0.05, 0) is 28.1 Å². The maximum Gasteiger partial charge on any atom is 0.293 e. The number of anilines is 1. The van der Waals surface area contributed by atoms with Crippen molar-refractivity contribution in [2.75, 3.05) is 5.32 Å². The normalized spacial score (nSPS) is 10.4. The molecule has 1 N–H and O–H groups in total. The van der Waals surface area contributed by atoms with Crippen molar-refractivity contribution < 1.29 is 9.21 Å². The Morgan fingerprint density at radius 1 is 1.62 bits per heavy atom. The van der Waals surface area contributed by atoms with Gasteiger partial charge < -0.3 is 4.42 Å². The number of thiazole rings is 1. The van der Waals surface area contributed by atoms with Crippen LogP contribution in [0.15, 0.2) is 26.6 Å². The van der Waals surface area contributed by atoms with Gasteiger partial charge in [0.2, 0.25) is 0 Å². The molecule has 0 unspecified atom stereocenters. The van der Waals surface area contributed by atoms with Crippen molar-refractivity contribution in [3.8, 4) is 0 Å². The number of halogens is 2. The highest BCUT2D eigenvalue weighted by Crippen LogP contribution is 2.19. The second-order valence-electron chi connectivity index (χ2n) is 2.84. The molecule has 0 aliphatic heterocycles. The van der Waals surface area contributed by atoms with E-state index < -0.39 is 0 Å². The molecule has 0 aromatic carbocycles. The minimum atomic E-state index is -0.332. The van der Waals surface area contributed by atoms with Gasteiger partial charge >= 0.3 is 0 Å². The molecule has 0 aliphatic carbocycles. The third kappa shape index (κ3) is 2.63. The van der Waals surface area contributed by atoms with Crippen molar-refractivity contribution >= 4 is 49.9 Å².